The van der Waals surface area contributed by atoms with E-state index in [2.05, 4.69) is 425 Å². The molecule has 0 saturated heterocycles. The molecule has 0 aliphatic carbocycles. The fraction of sp³-hybridized carbons (Fsp3) is 0. The molecule has 0 bridgehead atoms. The van der Waals surface area contributed by atoms with Gasteiger partial charge in [0.2, 0.25) is 0 Å². The Morgan fingerprint density at radius 1 is 0.193 bits per heavy atom. The number of para-hydroxylation sites is 4. The number of anilines is 6. The van der Waals surface area contributed by atoms with E-state index in [1.54, 1.807) is 0 Å². The van der Waals surface area contributed by atoms with Crippen molar-refractivity contribution in [2.24, 2.45) is 0 Å². The molecule has 20 aromatic rings. The van der Waals surface area contributed by atoms with Crippen LogP contribution >= 0.6 is 0 Å². The van der Waals surface area contributed by atoms with Crippen LogP contribution in [0.1, 0.15) is 0 Å². The summed E-state index contributed by atoms with van der Waals surface area (Å²) < 4.78 is 5.00. The van der Waals surface area contributed by atoms with Gasteiger partial charge in [0.1, 0.15) is 0 Å². The molecule has 2 aromatic heterocycles. The van der Waals surface area contributed by atoms with Crippen LogP contribution in [-0.2, 0) is 0 Å². The summed E-state index contributed by atoms with van der Waals surface area (Å²) in [6, 6.07) is 153. The van der Waals surface area contributed by atoms with Crippen LogP contribution in [-0.4, -0.2) is 15.8 Å². The molecule has 109 heavy (non-hydrogen) atoms. The lowest BCUT2D eigenvalue weighted by Gasteiger charge is -2.46. The first-order chi connectivity index (χ1) is 54.1. The summed E-state index contributed by atoms with van der Waals surface area (Å²) in [6.45, 7) is -0.312. The number of nitrogens with zero attached hydrogens (tertiary/aromatic N) is 4. The molecule has 0 unspecified atom stereocenters. The van der Waals surface area contributed by atoms with Crippen molar-refractivity contribution in [2.75, 3.05) is 9.80 Å². The second-order valence-electron chi connectivity index (χ2n) is 29.0. The average Bonchev–Trinajstić information content (AvgIpc) is 1.02. The minimum atomic E-state index is -0.312. The third kappa shape index (κ3) is 9.94. The van der Waals surface area contributed by atoms with Gasteiger partial charge in [-0.05, 0) is 185 Å². The van der Waals surface area contributed by atoms with Gasteiger partial charge in [-0.25, -0.2) is 0 Å². The molecule has 2 aliphatic rings. The molecule has 18 aromatic carbocycles. The summed E-state index contributed by atoms with van der Waals surface area (Å²) in [4.78, 5) is 5.45. The Morgan fingerprint density at radius 2 is 0.477 bits per heavy atom. The van der Waals surface area contributed by atoms with Gasteiger partial charge < -0.3 is 18.9 Å². The fourth-order valence-corrected chi connectivity index (χ4v) is 18.3. The van der Waals surface area contributed by atoms with Crippen molar-refractivity contribution in [3.63, 3.8) is 0 Å². The van der Waals surface area contributed by atoms with E-state index in [1.165, 1.54) is 65.0 Å². The first-order valence-electron chi connectivity index (χ1n) is 37.7. The Morgan fingerprint density at radius 3 is 0.807 bits per heavy atom. The number of fused-ring (bicyclic) bond motifs is 12. The lowest BCUT2D eigenvalue weighted by atomic mass is 9.33. The second kappa shape index (κ2) is 25.2. The van der Waals surface area contributed by atoms with Crippen molar-refractivity contribution in [2.45, 2.75) is 0 Å². The molecular formula is C104H67BN4. The van der Waals surface area contributed by atoms with Crippen molar-refractivity contribution in [3.8, 4) is 89.3 Å². The van der Waals surface area contributed by atoms with Crippen molar-refractivity contribution in [1.29, 1.82) is 0 Å². The van der Waals surface area contributed by atoms with Crippen LogP contribution in [0.4, 0.5) is 34.1 Å². The second-order valence-corrected chi connectivity index (χ2v) is 29.0. The lowest BCUT2D eigenvalue weighted by molar-refractivity contribution is 1.17. The lowest BCUT2D eigenvalue weighted by Crippen LogP contribution is -2.61. The van der Waals surface area contributed by atoms with E-state index in [0.29, 0.717) is 0 Å². The SMILES string of the molecule is c1ccc(-c2cc(-c3ccccc3)c(N3c4cc(-n5c6ccccc6c6ccccc65)ccc4B4c5ccc(-n6c7ccccc7c7ccccc76)cc5N(c5c(-c6ccccc6)cc(-c6ccccc6)cc5-c5ccccc5)c5cc(-c6c7ccccc7cc7ccccc67)cc3c54)c(-c3ccccc3)c2)cc1. The van der Waals surface area contributed by atoms with Crippen LogP contribution < -0.4 is 26.2 Å². The Bertz CT molecular complexity index is 6390. The van der Waals surface area contributed by atoms with E-state index in [0.717, 1.165) is 140 Å². The van der Waals surface area contributed by atoms with E-state index in [-0.39, 0.29) is 6.71 Å². The van der Waals surface area contributed by atoms with E-state index in [4.69, 9.17) is 0 Å². The van der Waals surface area contributed by atoms with E-state index in [9.17, 15) is 0 Å². The van der Waals surface area contributed by atoms with Gasteiger partial charge in [-0.15, -0.1) is 0 Å². The van der Waals surface area contributed by atoms with Gasteiger partial charge in [0.15, 0.2) is 0 Å². The van der Waals surface area contributed by atoms with Gasteiger partial charge in [0, 0.05) is 77.9 Å². The molecule has 0 spiro atoms. The molecule has 4 nitrogen and oxygen atoms in total. The first kappa shape index (κ1) is 62.2. The molecular weight excluding hydrogens is 1320 g/mol. The smallest absolute Gasteiger partial charge is 0.252 e. The monoisotopic (exact) mass is 1380 g/mol. The predicted molar refractivity (Wildman–Crippen MR) is 462 cm³/mol. The summed E-state index contributed by atoms with van der Waals surface area (Å²) in [7, 11) is 0. The third-order valence-corrected chi connectivity index (χ3v) is 23.0. The van der Waals surface area contributed by atoms with Crippen LogP contribution in [0.2, 0.25) is 0 Å². The molecule has 0 amide bonds. The topological polar surface area (TPSA) is 16.3 Å². The highest BCUT2D eigenvalue weighted by molar-refractivity contribution is 7.00. The zero-order valence-electron chi connectivity index (χ0n) is 59.5. The minimum absolute atomic E-state index is 0.312. The van der Waals surface area contributed by atoms with Gasteiger partial charge in [-0.1, -0.05) is 315 Å². The van der Waals surface area contributed by atoms with Crippen LogP contribution in [0.25, 0.3) is 154 Å². The van der Waals surface area contributed by atoms with Gasteiger partial charge >= 0.3 is 0 Å². The standard InChI is InChI=1S/C104H67BN4/c1-7-31-68(32-8-1)76-60-87(70-35-11-3-12-36-70)103(88(61-76)71-37-13-4-14-38-71)108-97-66-79(106-93-51-27-23-47-83(93)84-48-24-28-52-94(84)106)55-57-91(97)105-92-58-56-80(107-95-53-29-25-49-85(95)86-50-26-30-54-96(86)107)67-98(92)109(100-65-78(64-99(108)102(100)105)101-81-45-21-19-43-74(81)59-75-44-20-22-46-82(75)101)104-89(72-39-15-5-16-40-72)62-77(69-33-9-2-10-34-69)63-90(104)73-41-17-6-18-42-73/h1-67H. The van der Waals surface area contributed by atoms with Crippen molar-refractivity contribution >= 4 is 122 Å². The summed E-state index contributed by atoms with van der Waals surface area (Å²) in [5, 5.41) is 9.58. The molecule has 22 rings (SSSR count). The first-order valence-corrected chi connectivity index (χ1v) is 37.7. The molecule has 4 heterocycles. The van der Waals surface area contributed by atoms with E-state index in [1.807, 2.05) is 0 Å². The van der Waals surface area contributed by atoms with Gasteiger partial charge in [-0.3, -0.25) is 0 Å². The third-order valence-electron chi connectivity index (χ3n) is 23.0. The average molecular weight is 1380 g/mol. The summed E-state index contributed by atoms with van der Waals surface area (Å²) in [5.41, 5.74) is 32.6. The van der Waals surface area contributed by atoms with Crippen LogP contribution in [0.3, 0.4) is 0 Å². The number of rotatable bonds is 11. The predicted octanol–water partition coefficient (Wildman–Crippen LogP) is 25.9. The van der Waals surface area contributed by atoms with Crippen LogP contribution in [0, 0.1) is 0 Å². The van der Waals surface area contributed by atoms with Gasteiger partial charge in [0.25, 0.3) is 6.71 Å². The molecule has 5 heteroatoms. The Labute approximate surface area is 632 Å². The summed E-state index contributed by atoms with van der Waals surface area (Å²) in [6.07, 6.45) is 0. The van der Waals surface area contributed by atoms with Crippen molar-refractivity contribution in [1.82, 2.24) is 9.13 Å². The van der Waals surface area contributed by atoms with E-state index >= 15 is 0 Å². The number of hydrogen-bond donors (Lipinski definition) is 0. The molecule has 0 atom stereocenters. The van der Waals surface area contributed by atoms with Gasteiger partial charge in [0.05, 0.1) is 33.4 Å². The highest BCUT2D eigenvalue weighted by Crippen LogP contribution is 2.56. The molecule has 2 aliphatic heterocycles. The quantitative estimate of drug-likeness (QED) is 0.0948. The Balaban J connectivity index is 0.958. The maximum atomic E-state index is 2.72. The largest absolute Gasteiger partial charge is 0.310 e. The van der Waals surface area contributed by atoms with Gasteiger partial charge in [-0.2, -0.15) is 0 Å². The minimum Gasteiger partial charge on any atom is -0.310 e. The summed E-state index contributed by atoms with van der Waals surface area (Å²) in [5.74, 6) is 0. The zero-order chi connectivity index (χ0) is 71.6. The maximum absolute atomic E-state index is 2.72. The molecule has 0 radical (unpaired) electrons. The van der Waals surface area contributed by atoms with E-state index < -0.39 is 0 Å². The number of benzene rings is 18. The molecule has 0 N–H and O–H groups in total. The maximum Gasteiger partial charge on any atom is 0.252 e. The number of aromatic nitrogens is 2. The summed E-state index contributed by atoms with van der Waals surface area (Å²) >= 11 is 0. The highest BCUT2D eigenvalue weighted by atomic mass is 15.2. The Kier molecular flexibility index (Phi) is 14.4. The highest BCUT2D eigenvalue weighted by Gasteiger charge is 2.46. The normalized spacial score (nSPS) is 12.3. The van der Waals surface area contributed by atoms with Crippen LogP contribution in [0.15, 0.2) is 406 Å². The molecule has 0 saturated carbocycles. The van der Waals surface area contributed by atoms with Crippen LogP contribution in [0.5, 0.6) is 0 Å². The fourth-order valence-electron chi connectivity index (χ4n) is 18.3. The van der Waals surface area contributed by atoms with Crippen molar-refractivity contribution in [3.05, 3.63) is 406 Å². The number of hydrogen-bond acceptors (Lipinski definition) is 2. The Hall–Kier alpha value is -14.3. The molecule has 0 fully saturated rings. The van der Waals surface area contributed by atoms with Crippen molar-refractivity contribution < 1.29 is 0 Å². The zero-order valence-corrected chi connectivity index (χ0v) is 59.5. The molecule has 506 valence electrons.